The molecule has 1 fully saturated rings. The number of amides is 2. The maximum absolute atomic E-state index is 15.7. The summed E-state index contributed by atoms with van der Waals surface area (Å²) in [4.78, 5) is 31.2. The average molecular weight is 611 g/mol. The van der Waals surface area contributed by atoms with E-state index in [0.717, 1.165) is 11.4 Å². The Hall–Kier alpha value is -4.75. The number of hydrogen-bond donors (Lipinski definition) is 3. The van der Waals surface area contributed by atoms with Crippen LogP contribution < -0.4 is 21.3 Å². The lowest BCUT2D eigenvalue weighted by Gasteiger charge is -2.29. The van der Waals surface area contributed by atoms with Gasteiger partial charge in [-0.15, -0.1) is 0 Å². The van der Waals surface area contributed by atoms with E-state index >= 15 is 4.39 Å². The van der Waals surface area contributed by atoms with Gasteiger partial charge in [-0.3, -0.25) is 14.5 Å². The Morgan fingerprint density at radius 1 is 1.05 bits per heavy atom. The summed E-state index contributed by atoms with van der Waals surface area (Å²) in [5, 5.41) is 4.11. The number of benzene rings is 2. The number of anilines is 3. The molecule has 0 bridgehead atoms. The van der Waals surface area contributed by atoms with E-state index in [1.165, 1.54) is 47.6 Å². The van der Waals surface area contributed by atoms with Crippen LogP contribution in [0.5, 0.6) is 0 Å². The molecule has 1 unspecified atom stereocenters. The summed E-state index contributed by atoms with van der Waals surface area (Å²) in [7, 11) is 3.11. The summed E-state index contributed by atoms with van der Waals surface area (Å²) >= 11 is 0. The number of fused-ring (bicyclic) bond motifs is 1. The quantitative estimate of drug-likeness (QED) is 0.218. The Morgan fingerprint density at radius 3 is 2.32 bits per heavy atom. The number of nitrogens with one attached hydrogen (secondary N) is 2. The fraction of sp³-hybridized carbons (Fsp3) is 0.323. The van der Waals surface area contributed by atoms with Gasteiger partial charge in [0.1, 0.15) is 36.1 Å². The second-order valence-corrected chi connectivity index (χ2v) is 10.2. The molecule has 1 aliphatic heterocycles. The molecule has 5 rings (SSSR count). The fourth-order valence-corrected chi connectivity index (χ4v) is 4.74. The minimum atomic E-state index is -1.40. The molecule has 0 spiro atoms. The SMILES string of the molecule is [2H]N1C=NC(Nc2ccc(N(C(=O)C3(C(N)=O)CC3)c3ccc(F)cc3)cc2F)=C2C=C(OCCOC)C(OCCOC)=CC21. The van der Waals surface area contributed by atoms with Gasteiger partial charge in [-0.2, -0.15) is 0 Å². The number of primary amides is 1. The fourth-order valence-electron chi connectivity index (χ4n) is 4.74. The maximum Gasteiger partial charge on any atom is 0.247 e. The number of methoxy groups -OCH3 is 2. The minimum absolute atomic E-state index is 0.0273. The number of nitrogens with two attached hydrogens (primary N) is 1. The Labute approximate surface area is 254 Å². The number of nitrogens with zero attached hydrogens (tertiary/aromatic N) is 2. The van der Waals surface area contributed by atoms with E-state index in [0.29, 0.717) is 30.3 Å². The van der Waals surface area contributed by atoms with Crippen molar-refractivity contribution in [2.45, 2.75) is 18.9 Å². The molecule has 0 radical (unpaired) electrons. The highest BCUT2D eigenvalue weighted by atomic mass is 19.1. The van der Waals surface area contributed by atoms with Crippen molar-refractivity contribution in [1.82, 2.24) is 5.31 Å². The summed E-state index contributed by atoms with van der Waals surface area (Å²) in [6, 6.07) is 8.48. The van der Waals surface area contributed by atoms with E-state index < -0.39 is 34.9 Å². The molecular weight excluding hydrogens is 576 g/mol. The van der Waals surface area contributed by atoms with Gasteiger partial charge in [0.2, 0.25) is 11.8 Å². The lowest BCUT2D eigenvalue weighted by atomic mass is 9.98. The first-order valence-electron chi connectivity index (χ1n) is 14.3. The highest BCUT2D eigenvalue weighted by Gasteiger charge is 2.57. The van der Waals surface area contributed by atoms with Crippen LogP contribution in [0.1, 0.15) is 12.8 Å². The smallest absolute Gasteiger partial charge is 0.247 e. The van der Waals surface area contributed by atoms with Crippen LogP contribution in [-0.4, -0.2) is 64.8 Å². The normalized spacial score (nSPS) is 18.5. The standard InChI is InChI=1S/C31H33F2N5O6/c1-41-11-13-43-26-16-22-25(17-27(26)44-14-12-42-2)35-18-36-28(22)37-24-8-7-21(15-23(24)33)38(20-5-3-19(32)4-6-20)30(40)31(9-10-31)29(34)39/h3-8,15-18,25,37H,9-14H2,1-2H3,(H2,34,39)(H,35,36)/i/hD. The Morgan fingerprint density at radius 2 is 1.70 bits per heavy atom. The average Bonchev–Trinajstić information content (AvgIpc) is 3.84. The van der Waals surface area contributed by atoms with E-state index in [2.05, 4.69) is 10.3 Å². The number of ether oxygens (including phenoxy) is 4. The Bertz CT molecular complexity index is 1570. The van der Waals surface area contributed by atoms with Crippen LogP contribution in [0.25, 0.3) is 0 Å². The lowest BCUT2D eigenvalue weighted by Crippen LogP contribution is -2.41. The molecule has 232 valence electrons. The molecule has 2 aliphatic carbocycles. The molecule has 1 saturated carbocycles. The van der Waals surface area contributed by atoms with Crippen LogP contribution >= 0.6 is 0 Å². The van der Waals surface area contributed by atoms with Gasteiger partial charge in [0.15, 0.2) is 12.9 Å². The van der Waals surface area contributed by atoms with Crippen molar-refractivity contribution in [2.24, 2.45) is 16.1 Å². The molecule has 2 aromatic rings. The maximum atomic E-state index is 15.7. The van der Waals surface area contributed by atoms with E-state index in [4.69, 9.17) is 26.1 Å². The molecule has 3 aliphatic rings. The molecule has 44 heavy (non-hydrogen) atoms. The van der Waals surface area contributed by atoms with Crippen molar-refractivity contribution in [3.63, 3.8) is 0 Å². The minimum Gasteiger partial charge on any atom is -0.488 e. The zero-order valence-electron chi connectivity index (χ0n) is 25.2. The third kappa shape index (κ3) is 6.43. The summed E-state index contributed by atoms with van der Waals surface area (Å²) in [5.41, 5.74) is 5.06. The van der Waals surface area contributed by atoms with Gasteiger partial charge in [0, 0.05) is 31.5 Å². The highest BCUT2D eigenvalue weighted by molar-refractivity contribution is 6.16. The van der Waals surface area contributed by atoms with Gasteiger partial charge in [0.05, 0.1) is 37.0 Å². The third-order valence-corrected chi connectivity index (χ3v) is 7.32. The van der Waals surface area contributed by atoms with Crippen molar-refractivity contribution in [2.75, 3.05) is 50.9 Å². The van der Waals surface area contributed by atoms with Gasteiger partial charge < -0.3 is 35.3 Å². The van der Waals surface area contributed by atoms with Gasteiger partial charge in [-0.25, -0.2) is 13.8 Å². The van der Waals surface area contributed by atoms with E-state index in [-0.39, 0.29) is 48.9 Å². The monoisotopic (exact) mass is 610 g/mol. The van der Waals surface area contributed by atoms with Crippen LogP contribution in [-0.2, 0) is 28.5 Å². The highest BCUT2D eigenvalue weighted by Crippen LogP contribution is 2.49. The van der Waals surface area contributed by atoms with Crippen LogP contribution in [0.3, 0.4) is 0 Å². The third-order valence-electron chi connectivity index (χ3n) is 7.32. The van der Waals surface area contributed by atoms with E-state index in [1.807, 2.05) is 0 Å². The van der Waals surface area contributed by atoms with Crippen LogP contribution in [0.4, 0.5) is 25.8 Å². The largest absolute Gasteiger partial charge is 0.488 e. The van der Waals surface area contributed by atoms with Crippen molar-refractivity contribution in [3.8, 4) is 0 Å². The Balaban J connectivity index is 1.46. The van der Waals surface area contributed by atoms with E-state index in [1.54, 1.807) is 26.4 Å². The van der Waals surface area contributed by atoms with Gasteiger partial charge in [-0.05, 0) is 61.4 Å². The number of rotatable bonds is 14. The van der Waals surface area contributed by atoms with Crippen molar-refractivity contribution >= 4 is 35.2 Å². The van der Waals surface area contributed by atoms with Crippen molar-refractivity contribution in [3.05, 3.63) is 89.2 Å². The number of halogens is 2. The van der Waals surface area contributed by atoms with Crippen LogP contribution in [0.2, 0.25) is 1.41 Å². The van der Waals surface area contributed by atoms with Gasteiger partial charge in [0.25, 0.3) is 0 Å². The second kappa shape index (κ2) is 13.3. The first-order chi connectivity index (χ1) is 21.7. The van der Waals surface area contributed by atoms with Gasteiger partial charge in [-0.1, -0.05) is 0 Å². The molecule has 0 saturated heterocycles. The topological polar surface area (TPSA) is 137 Å². The zero-order chi connectivity index (χ0) is 32.1. The summed E-state index contributed by atoms with van der Waals surface area (Å²) < 4.78 is 59.7. The number of aliphatic imine (C=N–C) groups is 1. The number of carbonyl (C=O) groups is 2. The van der Waals surface area contributed by atoms with Crippen molar-refractivity contribution < 1.29 is 38.7 Å². The van der Waals surface area contributed by atoms with Crippen LogP contribution in [0, 0.1) is 17.0 Å². The Kier molecular flexibility index (Phi) is 8.84. The number of carbonyl (C=O) groups excluding carboxylic acids is 2. The molecule has 11 nitrogen and oxygen atoms in total. The molecule has 2 aromatic carbocycles. The molecule has 2 amide bonds. The first-order valence-corrected chi connectivity index (χ1v) is 13.9. The molecule has 1 heterocycles. The van der Waals surface area contributed by atoms with Crippen LogP contribution in [0.15, 0.2) is 82.5 Å². The number of hydrogen-bond acceptors (Lipinski definition) is 9. The zero-order valence-corrected chi connectivity index (χ0v) is 24.2. The van der Waals surface area contributed by atoms with Gasteiger partial charge >= 0.3 is 0 Å². The summed E-state index contributed by atoms with van der Waals surface area (Å²) in [6.45, 7) is 1.16. The molecular formula is C31H33F2N5O6. The van der Waals surface area contributed by atoms with Crippen molar-refractivity contribution in [1.29, 1.82) is 0 Å². The first kappa shape index (κ1) is 29.3. The predicted molar refractivity (Wildman–Crippen MR) is 159 cm³/mol. The predicted octanol–water partition coefficient (Wildman–Crippen LogP) is 3.63. The second-order valence-electron chi connectivity index (χ2n) is 10.2. The molecule has 13 heteroatoms. The molecule has 1 atom stereocenters. The summed E-state index contributed by atoms with van der Waals surface area (Å²) in [5.74, 6) is -1.60. The van der Waals surface area contributed by atoms with E-state index in [9.17, 15) is 14.0 Å². The lowest BCUT2D eigenvalue weighted by molar-refractivity contribution is -0.133. The molecule has 0 aromatic heterocycles. The summed E-state index contributed by atoms with van der Waals surface area (Å²) in [6.07, 6.45) is 5.18. The molecule has 4 N–H and O–H groups in total.